The van der Waals surface area contributed by atoms with Crippen molar-refractivity contribution in [2.45, 2.75) is 18.8 Å². The van der Waals surface area contributed by atoms with Crippen LogP contribution in [0.4, 0.5) is 27.6 Å². The lowest BCUT2D eigenvalue weighted by Crippen LogP contribution is -2.21. The second kappa shape index (κ2) is 9.86. The first-order chi connectivity index (χ1) is 18.7. The minimum atomic E-state index is -4.89. The van der Waals surface area contributed by atoms with Crippen LogP contribution in [0.2, 0.25) is 5.02 Å². The second-order valence-corrected chi connectivity index (χ2v) is 10.1. The Morgan fingerprint density at radius 3 is 2.52 bits per heavy atom. The van der Waals surface area contributed by atoms with Gasteiger partial charge in [-0.15, -0.1) is 0 Å². The van der Waals surface area contributed by atoms with Crippen molar-refractivity contribution in [3.63, 3.8) is 0 Å². The zero-order chi connectivity index (χ0) is 29.1. The number of carbonyl (C=O) groups excluding carboxylic acids is 2. The average Bonchev–Trinajstić information content (AvgIpc) is 3.36. The predicted octanol–water partition coefficient (Wildman–Crippen LogP) is 5.67. The third-order valence-electron chi connectivity index (χ3n) is 6.55. The van der Waals surface area contributed by atoms with Gasteiger partial charge >= 0.3 is 6.18 Å². The van der Waals surface area contributed by atoms with Crippen LogP contribution < -0.4 is 10.6 Å². The number of aromatic nitrogens is 2. The standard InChI is InChI=1S/C27H21ClF5N5O2/c1-37(2)11-20-17-10-19(34-25(39)12-6-13(27(31,32)33)8-15(30)7-12)21-22(24(17)36-38(20)3)26(40)35-23(21)16-9-14(29)4-5-18(16)28/h4-10,23H,11H2,1-3H3,(H,34,39)(H,35,40). The molecule has 1 atom stereocenters. The zero-order valence-corrected chi connectivity index (χ0v) is 22.0. The largest absolute Gasteiger partial charge is 0.416 e. The molecule has 0 aliphatic carbocycles. The maximum atomic E-state index is 14.2. The Kier molecular flexibility index (Phi) is 6.79. The highest BCUT2D eigenvalue weighted by molar-refractivity contribution is 6.31. The summed E-state index contributed by atoms with van der Waals surface area (Å²) < 4.78 is 69.8. The number of carbonyl (C=O) groups is 2. The van der Waals surface area contributed by atoms with E-state index in [2.05, 4.69) is 15.7 Å². The number of halogens is 6. The van der Waals surface area contributed by atoms with Crippen molar-refractivity contribution in [1.82, 2.24) is 20.0 Å². The second-order valence-electron chi connectivity index (χ2n) is 9.67. The maximum absolute atomic E-state index is 14.2. The number of nitrogens with one attached hydrogen (secondary N) is 2. The van der Waals surface area contributed by atoms with E-state index in [9.17, 15) is 31.5 Å². The van der Waals surface area contributed by atoms with Gasteiger partial charge < -0.3 is 15.5 Å². The summed E-state index contributed by atoms with van der Waals surface area (Å²) in [5.74, 6) is -3.49. The van der Waals surface area contributed by atoms with Crippen LogP contribution in [-0.4, -0.2) is 40.6 Å². The van der Waals surface area contributed by atoms with Gasteiger partial charge in [0, 0.05) is 46.4 Å². The molecule has 0 saturated carbocycles. The Labute approximate surface area is 229 Å². The SMILES string of the molecule is CN(C)Cc1c2cc(NC(=O)c3cc(F)cc(C(F)(F)F)c3)c3c(c2nn1C)C(=O)NC3c1cc(F)ccc1Cl. The summed E-state index contributed by atoms with van der Waals surface area (Å²) in [6.45, 7) is 0.402. The van der Waals surface area contributed by atoms with E-state index in [0.29, 0.717) is 35.3 Å². The van der Waals surface area contributed by atoms with Crippen molar-refractivity contribution >= 4 is 40.0 Å². The van der Waals surface area contributed by atoms with Gasteiger partial charge in [0.25, 0.3) is 11.8 Å². The lowest BCUT2D eigenvalue weighted by atomic mass is 9.94. The Hall–Kier alpha value is -4.03. The smallest absolute Gasteiger partial charge is 0.341 e. The fourth-order valence-corrected chi connectivity index (χ4v) is 5.07. The molecule has 0 radical (unpaired) electrons. The van der Waals surface area contributed by atoms with Gasteiger partial charge in [0.2, 0.25) is 0 Å². The minimum absolute atomic E-state index is 0.0435. The van der Waals surface area contributed by atoms with Crippen molar-refractivity contribution in [2.24, 2.45) is 7.05 Å². The van der Waals surface area contributed by atoms with E-state index in [-0.39, 0.29) is 33.5 Å². The Bertz CT molecular complexity index is 1700. The fourth-order valence-electron chi connectivity index (χ4n) is 4.84. The first-order valence-corrected chi connectivity index (χ1v) is 12.2. The van der Waals surface area contributed by atoms with Crippen LogP contribution in [0, 0.1) is 11.6 Å². The predicted molar refractivity (Wildman–Crippen MR) is 138 cm³/mol. The number of fused-ring (bicyclic) bond motifs is 3. The van der Waals surface area contributed by atoms with Crippen LogP contribution in [0.15, 0.2) is 42.5 Å². The molecule has 3 aromatic carbocycles. The summed E-state index contributed by atoms with van der Waals surface area (Å²) in [6, 6.07) is 5.60. The number of hydrogen-bond acceptors (Lipinski definition) is 4. The number of amides is 2. The van der Waals surface area contributed by atoms with Gasteiger partial charge in [-0.1, -0.05) is 11.6 Å². The number of rotatable bonds is 5. The van der Waals surface area contributed by atoms with E-state index in [1.807, 2.05) is 19.0 Å². The first-order valence-electron chi connectivity index (χ1n) is 11.9. The van der Waals surface area contributed by atoms with Crippen molar-refractivity contribution in [2.75, 3.05) is 19.4 Å². The lowest BCUT2D eigenvalue weighted by molar-refractivity contribution is -0.137. The maximum Gasteiger partial charge on any atom is 0.416 e. The number of nitrogens with zero attached hydrogens (tertiary/aromatic N) is 3. The molecule has 1 aromatic heterocycles. The number of benzene rings is 3. The summed E-state index contributed by atoms with van der Waals surface area (Å²) >= 11 is 6.35. The summed E-state index contributed by atoms with van der Waals surface area (Å²) in [6.07, 6.45) is -4.89. The van der Waals surface area contributed by atoms with E-state index in [4.69, 9.17) is 11.6 Å². The van der Waals surface area contributed by atoms with Gasteiger partial charge in [-0.3, -0.25) is 14.3 Å². The molecule has 2 amide bonds. The van der Waals surface area contributed by atoms with E-state index in [1.165, 1.54) is 6.07 Å². The van der Waals surface area contributed by atoms with E-state index in [0.717, 1.165) is 12.1 Å². The number of hydrogen-bond donors (Lipinski definition) is 2. The first kappa shape index (κ1) is 27.5. The minimum Gasteiger partial charge on any atom is -0.341 e. The molecule has 5 rings (SSSR count). The van der Waals surface area contributed by atoms with Gasteiger partial charge in [-0.2, -0.15) is 18.3 Å². The van der Waals surface area contributed by atoms with E-state index in [1.54, 1.807) is 17.8 Å². The molecule has 208 valence electrons. The molecule has 7 nitrogen and oxygen atoms in total. The molecule has 1 unspecified atom stereocenters. The summed E-state index contributed by atoms with van der Waals surface area (Å²) in [5.41, 5.74) is -0.401. The van der Waals surface area contributed by atoms with Gasteiger partial charge in [-0.05, 0) is 56.6 Å². The Balaban J connectivity index is 1.72. The highest BCUT2D eigenvalue weighted by Crippen LogP contribution is 2.43. The van der Waals surface area contributed by atoms with Crippen LogP contribution in [0.25, 0.3) is 10.9 Å². The zero-order valence-electron chi connectivity index (χ0n) is 21.3. The summed E-state index contributed by atoms with van der Waals surface area (Å²) in [7, 11) is 5.33. The molecule has 1 aliphatic rings. The van der Waals surface area contributed by atoms with Crippen molar-refractivity contribution in [1.29, 1.82) is 0 Å². The molecule has 4 aromatic rings. The van der Waals surface area contributed by atoms with Crippen LogP contribution in [-0.2, 0) is 19.8 Å². The molecule has 0 spiro atoms. The molecular weight excluding hydrogens is 557 g/mol. The number of aryl methyl sites for hydroxylation is 1. The van der Waals surface area contributed by atoms with Crippen molar-refractivity contribution < 1.29 is 31.5 Å². The molecule has 2 heterocycles. The van der Waals surface area contributed by atoms with Gasteiger partial charge in [-0.25, -0.2) is 8.78 Å². The Morgan fingerprint density at radius 2 is 1.85 bits per heavy atom. The Morgan fingerprint density at radius 1 is 1.12 bits per heavy atom. The highest BCUT2D eigenvalue weighted by atomic mass is 35.5. The van der Waals surface area contributed by atoms with E-state index < -0.39 is 46.8 Å². The van der Waals surface area contributed by atoms with Crippen LogP contribution in [0.5, 0.6) is 0 Å². The number of alkyl halides is 3. The van der Waals surface area contributed by atoms with Crippen molar-refractivity contribution in [3.8, 4) is 0 Å². The summed E-state index contributed by atoms with van der Waals surface area (Å²) in [4.78, 5) is 28.4. The number of anilines is 1. The van der Waals surface area contributed by atoms with Crippen LogP contribution in [0.3, 0.4) is 0 Å². The molecule has 2 N–H and O–H groups in total. The van der Waals surface area contributed by atoms with Crippen LogP contribution >= 0.6 is 11.6 Å². The normalized spacial score (nSPS) is 15.1. The molecule has 0 saturated heterocycles. The molecular formula is C27H21ClF5N5O2. The third-order valence-corrected chi connectivity index (χ3v) is 6.90. The van der Waals surface area contributed by atoms with Gasteiger partial charge in [0.05, 0.1) is 22.9 Å². The highest BCUT2D eigenvalue weighted by Gasteiger charge is 2.38. The van der Waals surface area contributed by atoms with Crippen molar-refractivity contribution in [3.05, 3.63) is 92.6 Å². The third kappa shape index (κ3) is 4.88. The summed E-state index contributed by atoms with van der Waals surface area (Å²) in [5, 5.41) is 10.4. The quantitative estimate of drug-likeness (QED) is 0.300. The topological polar surface area (TPSA) is 79.3 Å². The molecule has 13 heteroatoms. The monoisotopic (exact) mass is 577 g/mol. The van der Waals surface area contributed by atoms with Gasteiger partial charge in [0.1, 0.15) is 17.2 Å². The average molecular weight is 578 g/mol. The molecule has 0 bridgehead atoms. The van der Waals surface area contributed by atoms with Gasteiger partial charge in [0.15, 0.2) is 0 Å². The molecule has 1 aliphatic heterocycles. The lowest BCUT2D eigenvalue weighted by Gasteiger charge is -2.19. The fraction of sp³-hybridized carbons (Fsp3) is 0.222. The van der Waals surface area contributed by atoms with Crippen LogP contribution in [0.1, 0.15) is 49.1 Å². The van der Waals surface area contributed by atoms with E-state index >= 15 is 0 Å². The molecule has 0 fully saturated rings. The molecule has 40 heavy (non-hydrogen) atoms.